The van der Waals surface area contributed by atoms with Gasteiger partial charge < -0.3 is 9.15 Å². The summed E-state index contributed by atoms with van der Waals surface area (Å²) in [5.74, 6) is 0.317. The van der Waals surface area contributed by atoms with E-state index in [0.29, 0.717) is 27.4 Å². The third-order valence-corrected chi connectivity index (χ3v) is 6.94. The number of aryl methyl sites for hydroxylation is 1. The first-order valence-corrected chi connectivity index (χ1v) is 11.3. The van der Waals surface area contributed by atoms with E-state index in [1.165, 1.54) is 11.3 Å². The number of hydrogen-bond donors (Lipinski definition) is 0. The summed E-state index contributed by atoms with van der Waals surface area (Å²) in [6, 6.07) is 19.7. The number of ether oxygens (including phenoxy) is 1. The Morgan fingerprint density at radius 2 is 1.88 bits per heavy atom. The smallest absolute Gasteiger partial charge is 0.297 e. The molecule has 2 aromatic heterocycles. The summed E-state index contributed by atoms with van der Waals surface area (Å²) in [5, 5.41) is 0.960. The number of hydrogen-bond acceptors (Lipinski definition) is 6. The zero-order valence-electron chi connectivity index (χ0n) is 17.9. The van der Waals surface area contributed by atoms with Crippen molar-refractivity contribution in [3.8, 4) is 5.75 Å². The van der Waals surface area contributed by atoms with Gasteiger partial charge in [0.1, 0.15) is 11.3 Å². The molecule has 3 heterocycles. The minimum atomic E-state index is -0.676. The van der Waals surface area contributed by atoms with E-state index >= 15 is 0 Å². The lowest BCUT2D eigenvalue weighted by Gasteiger charge is -2.22. The van der Waals surface area contributed by atoms with Gasteiger partial charge in [-0.15, -0.1) is 0 Å². The Morgan fingerprint density at radius 1 is 1.03 bits per heavy atom. The first-order chi connectivity index (χ1) is 16.0. The summed E-state index contributed by atoms with van der Waals surface area (Å²) >= 11 is 1.42. The maximum Gasteiger partial charge on any atom is 0.297 e. The Hall–Kier alpha value is -3.97. The Bertz CT molecular complexity index is 1640. The largest absolute Gasteiger partial charge is 0.497 e. The number of fused-ring (bicyclic) bond motifs is 3. The van der Waals surface area contributed by atoms with Gasteiger partial charge in [-0.1, -0.05) is 41.7 Å². The molecule has 1 atom stereocenters. The molecule has 5 aromatic rings. The number of methoxy groups -OCH3 is 1. The van der Waals surface area contributed by atoms with Crippen molar-refractivity contribution in [2.75, 3.05) is 12.0 Å². The molecule has 33 heavy (non-hydrogen) atoms. The highest BCUT2D eigenvalue weighted by atomic mass is 32.1. The van der Waals surface area contributed by atoms with Crippen LogP contribution in [0.3, 0.4) is 0 Å². The number of carbonyl (C=O) groups is 1. The van der Waals surface area contributed by atoms with Crippen LogP contribution in [0.25, 0.3) is 21.2 Å². The van der Waals surface area contributed by atoms with E-state index in [0.717, 1.165) is 21.3 Å². The number of para-hydroxylation sites is 1. The van der Waals surface area contributed by atoms with Crippen LogP contribution in [0.4, 0.5) is 5.13 Å². The van der Waals surface area contributed by atoms with Crippen LogP contribution >= 0.6 is 11.3 Å². The minimum Gasteiger partial charge on any atom is -0.497 e. The Balaban J connectivity index is 1.64. The quantitative estimate of drug-likeness (QED) is 0.361. The summed E-state index contributed by atoms with van der Waals surface area (Å²) in [4.78, 5) is 33.6. The van der Waals surface area contributed by atoms with Crippen LogP contribution in [0.5, 0.6) is 5.75 Å². The fourth-order valence-electron chi connectivity index (χ4n) is 4.37. The molecule has 0 unspecified atom stereocenters. The number of thiazole rings is 1. The van der Waals surface area contributed by atoms with Crippen LogP contribution in [0.1, 0.15) is 33.3 Å². The lowest BCUT2D eigenvalue weighted by molar-refractivity contribution is 0.0971. The normalized spacial score (nSPS) is 15.4. The molecule has 1 aliphatic rings. The van der Waals surface area contributed by atoms with E-state index in [4.69, 9.17) is 14.1 Å². The summed E-state index contributed by atoms with van der Waals surface area (Å²) in [7, 11) is 1.59. The lowest BCUT2D eigenvalue weighted by atomic mass is 9.98. The van der Waals surface area contributed by atoms with Crippen molar-refractivity contribution in [3.63, 3.8) is 0 Å². The van der Waals surface area contributed by atoms with Gasteiger partial charge in [-0.3, -0.25) is 14.5 Å². The molecule has 1 aliphatic heterocycles. The molecule has 6 rings (SSSR count). The maximum atomic E-state index is 13.7. The number of anilines is 1. The van der Waals surface area contributed by atoms with Crippen molar-refractivity contribution >= 4 is 43.6 Å². The van der Waals surface area contributed by atoms with E-state index in [2.05, 4.69) is 0 Å². The number of carbonyl (C=O) groups excluding carboxylic acids is 1. The van der Waals surface area contributed by atoms with Gasteiger partial charge in [0.25, 0.3) is 5.91 Å². The van der Waals surface area contributed by atoms with Gasteiger partial charge in [-0.25, -0.2) is 4.98 Å². The Kier molecular flexibility index (Phi) is 4.35. The van der Waals surface area contributed by atoms with Crippen LogP contribution in [0, 0.1) is 6.92 Å². The summed E-state index contributed by atoms with van der Waals surface area (Å²) in [5.41, 5.74) is 3.16. The van der Waals surface area contributed by atoms with Crippen LogP contribution in [0.15, 0.2) is 75.9 Å². The highest BCUT2D eigenvalue weighted by Gasteiger charge is 2.45. The molecule has 0 N–H and O–H groups in total. The highest BCUT2D eigenvalue weighted by Crippen LogP contribution is 2.44. The minimum absolute atomic E-state index is 0.0574. The van der Waals surface area contributed by atoms with E-state index in [9.17, 15) is 9.59 Å². The number of rotatable bonds is 3. The molecule has 0 aliphatic carbocycles. The van der Waals surface area contributed by atoms with Crippen molar-refractivity contribution in [1.82, 2.24) is 4.98 Å². The van der Waals surface area contributed by atoms with E-state index in [-0.39, 0.29) is 17.1 Å². The van der Waals surface area contributed by atoms with E-state index < -0.39 is 6.04 Å². The number of benzene rings is 3. The predicted octanol–water partition coefficient (Wildman–Crippen LogP) is 5.47. The van der Waals surface area contributed by atoms with Gasteiger partial charge in [0.15, 0.2) is 10.6 Å². The van der Waals surface area contributed by atoms with Gasteiger partial charge in [0, 0.05) is 0 Å². The monoisotopic (exact) mass is 454 g/mol. The SMILES string of the molecule is COc1cccc([C@H]2c3c(oc4ccccc4c3=O)C(=O)N2c2nc3ccc(C)cc3s2)c1. The third kappa shape index (κ3) is 2.97. The van der Waals surface area contributed by atoms with Gasteiger partial charge in [0.2, 0.25) is 5.76 Å². The van der Waals surface area contributed by atoms with Crippen LogP contribution < -0.4 is 15.1 Å². The first kappa shape index (κ1) is 19.7. The molecule has 0 radical (unpaired) electrons. The average molecular weight is 455 g/mol. The van der Waals surface area contributed by atoms with Gasteiger partial charge >= 0.3 is 0 Å². The predicted molar refractivity (Wildman–Crippen MR) is 128 cm³/mol. The number of nitrogens with zero attached hydrogens (tertiary/aromatic N) is 2. The summed E-state index contributed by atoms with van der Waals surface area (Å²) in [6.45, 7) is 2.02. The van der Waals surface area contributed by atoms with E-state index in [1.54, 1.807) is 36.3 Å². The molecule has 0 saturated carbocycles. The van der Waals surface area contributed by atoms with Crippen molar-refractivity contribution in [2.45, 2.75) is 13.0 Å². The van der Waals surface area contributed by atoms with Crippen LogP contribution in [-0.4, -0.2) is 18.0 Å². The maximum absolute atomic E-state index is 13.7. The second kappa shape index (κ2) is 7.28. The van der Waals surface area contributed by atoms with Gasteiger partial charge in [-0.2, -0.15) is 0 Å². The molecule has 7 heteroatoms. The molecule has 0 fully saturated rings. The zero-order valence-corrected chi connectivity index (χ0v) is 18.7. The van der Waals surface area contributed by atoms with Crippen molar-refractivity contribution in [1.29, 1.82) is 0 Å². The highest BCUT2D eigenvalue weighted by molar-refractivity contribution is 7.22. The van der Waals surface area contributed by atoms with Crippen molar-refractivity contribution in [2.24, 2.45) is 0 Å². The molecule has 0 bridgehead atoms. The molecule has 6 nitrogen and oxygen atoms in total. The fraction of sp³-hybridized carbons (Fsp3) is 0.115. The van der Waals surface area contributed by atoms with E-state index in [1.807, 2.05) is 49.4 Å². The third-order valence-electron chi connectivity index (χ3n) is 5.93. The second-order valence-electron chi connectivity index (χ2n) is 7.99. The number of amides is 1. The molecular formula is C26H18N2O4S. The van der Waals surface area contributed by atoms with Gasteiger partial charge in [0.05, 0.1) is 34.3 Å². The molecule has 3 aromatic carbocycles. The molecule has 0 spiro atoms. The van der Waals surface area contributed by atoms with Crippen LogP contribution in [-0.2, 0) is 0 Å². The first-order valence-electron chi connectivity index (χ1n) is 10.5. The Labute approximate surface area is 192 Å². The lowest BCUT2D eigenvalue weighted by Crippen LogP contribution is -2.29. The van der Waals surface area contributed by atoms with Crippen molar-refractivity contribution < 1.29 is 13.9 Å². The molecule has 162 valence electrons. The Morgan fingerprint density at radius 3 is 2.73 bits per heavy atom. The standard InChI is InChI=1S/C26H18N2O4S/c1-14-10-11-18-20(12-14)33-26(27-18)28-22(15-6-5-7-16(13-15)31-2)21-23(29)17-8-3-4-9-19(17)32-24(21)25(28)30/h3-13,22H,1-2H3/t22-/m0/s1. The van der Waals surface area contributed by atoms with Gasteiger partial charge in [-0.05, 0) is 54.4 Å². The zero-order chi connectivity index (χ0) is 22.7. The average Bonchev–Trinajstić information content (AvgIpc) is 3.37. The van der Waals surface area contributed by atoms with Crippen LogP contribution in [0.2, 0.25) is 0 Å². The number of aromatic nitrogens is 1. The topological polar surface area (TPSA) is 72.6 Å². The fourth-order valence-corrected chi connectivity index (χ4v) is 5.46. The molecule has 0 saturated heterocycles. The molecule has 1 amide bonds. The molecular weight excluding hydrogens is 436 g/mol. The summed E-state index contributed by atoms with van der Waals surface area (Å²) < 4.78 is 12.4. The summed E-state index contributed by atoms with van der Waals surface area (Å²) in [6.07, 6.45) is 0. The second-order valence-corrected chi connectivity index (χ2v) is 9.00. The van der Waals surface area contributed by atoms with Crippen molar-refractivity contribution in [3.05, 3.63) is 99.4 Å².